The molecule has 0 radical (unpaired) electrons. The average molecular weight is 384 g/mol. The molecule has 0 aliphatic carbocycles. The van der Waals surface area contributed by atoms with Crippen LogP contribution in [0.15, 0.2) is 34.9 Å². The van der Waals surface area contributed by atoms with Gasteiger partial charge in [0.25, 0.3) is 0 Å². The van der Waals surface area contributed by atoms with Crippen molar-refractivity contribution >= 4 is 27.7 Å². The van der Waals surface area contributed by atoms with Crippen LogP contribution in [0, 0.1) is 6.92 Å². The molecule has 0 aliphatic rings. The molecule has 1 heterocycles. The molecule has 0 unspecified atom stereocenters. The number of benzene rings is 1. The molecular weight excluding hydrogens is 364 g/mol. The van der Waals surface area contributed by atoms with Gasteiger partial charge < -0.3 is 9.84 Å². The first kappa shape index (κ1) is 19.4. The van der Waals surface area contributed by atoms with Crippen molar-refractivity contribution in [1.82, 2.24) is 20.2 Å². The number of aromatic nitrogens is 2. The number of thioether (sulfide) groups is 1. The van der Waals surface area contributed by atoms with E-state index in [4.69, 9.17) is 4.52 Å². The summed E-state index contributed by atoms with van der Waals surface area (Å²) in [7, 11) is -3.44. The number of sulfonamides is 1. The molecule has 2 aromatic rings. The van der Waals surface area contributed by atoms with Gasteiger partial charge in [-0.25, -0.2) is 13.1 Å². The molecule has 1 amide bonds. The summed E-state index contributed by atoms with van der Waals surface area (Å²) >= 11 is 1.33. The van der Waals surface area contributed by atoms with Crippen LogP contribution in [-0.4, -0.2) is 42.5 Å². The Bertz CT molecular complexity index is 778. The molecule has 8 nitrogen and oxygen atoms in total. The first-order valence-electron chi connectivity index (χ1n) is 7.59. The molecule has 0 saturated carbocycles. The van der Waals surface area contributed by atoms with Crippen LogP contribution in [0.3, 0.4) is 0 Å². The summed E-state index contributed by atoms with van der Waals surface area (Å²) in [6.45, 7) is 1.99. The smallest absolute Gasteiger partial charge is 0.230 e. The maximum atomic E-state index is 11.9. The summed E-state index contributed by atoms with van der Waals surface area (Å²) in [6, 6.07) is 9.24. The van der Waals surface area contributed by atoms with Gasteiger partial charge in [-0.3, -0.25) is 4.79 Å². The molecule has 136 valence electrons. The van der Waals surface area contributed by atoms with Crippen LogP contribution in [0.5, 0.6) is 0 Å². The molecule has 2 rings (SSSR count). The number of hydrogen-bond donors (Lipinski definition) is 2. The van der Waals surface area contributed by atoms with Gasteiger partial charge in [-0.15, -0.1) is 11.8 Å². The number of amides is 1. The number of aryl methyl sites for hydroxylation is 1. The van der Waals surface area contributed by atoms with Crippen LogP contribution in [-0.2, 0) is 27.1 Å². The van der Waals surface area contributed by atoms with E-state index in [0.717, 1.165) is 5.56 Å². The number of hydrogen-bond acceptors (Lipinski definition) is 7. The van der Waals surface area contributed by atoms with Crippen molar-refractivity contribution < 1.29 is 17.7 Å². The standard InChI is InChI=1S/C15H20N4O4S2/c1-12-18-14(19-23-12)10-24-11-15(20)16-7-8-25(21,22)17-9-13-5-3-2-4-6-13/h2-6,17H,7-11H2,1H3,(H,16,20). The molecule has 0 atom stereocenters. The Morgan fingerprint density at radius 3 is 2.72 bits per heavy atom. The van der Waals surface area contributed by atoms with Crippen molar-refractivity contribution in [3.63, 3.8) is 0 Å². The van der Waals surface area contributed by atoms with Crippen molar-refractivity contribution in [2.24, 2.45) is 0 Å². The number of nitrogens with zero attached hydrogens (tertiary/aromatic N) is 2. The van der Waals surface area contributed by atoms with Crippen molar-refractivity contribution in [1.29, 1.82) is 0 Å². The predicted molar refractivity (Wildman–Crippen MR) is 95.3 cm³/mol. The molecule has 0 saturated heterocycles. The molecule has 2 N–H and O–H groups in total. The van der Waals surface area contributed by atoms with Crippen LogP contribution in [0.25, 0.3) is 0 Å². The number of nitrogens with one attached hydrogen (secondary N) is 2. The van der Waals surface area contributed by atoms with Gasteiger partial charge in [0.15, 0.2) is 5.82 Å². The monoisotopic (exact) mass is 384 g/mol. The molecule has 1 aromatic heterocycles. The highest BCUT2D eigenvalue weighted by atomic mass is 32.2. The van der Waals surface area contributed by atoms with E-state index in [2.05, 4.69) is 20.2 Å². The second kappa shape index (κ2) is 9.54. The zero-order valence-corrected chi connectivity index (χ0v) is 15.4. The van der Waals surface area contributed by atoms with E-state index < -0.39 is 10.0 Å². The van der Waals surface area contributed by atoms with Gasteiger partial charge in [-0.05, 0) is 5.56 Å². The van der Waals surface area contributed by atoms with Gasteiger partial charge in [0, 0.05) is 20.0 Å². The van der Waals surface area contributed by atoms with Gasteiger partial charge in [-0.1, -0.05) is 35.5 Å². The van der Waals surface area contributed by atoms with Crippen LogP contribution >= 0.6 is 11.8 Å². The lowest BCUT2D eigenvalue weighted by Gasteiger charge is -2.08. The molecule has 0 fully saturated rings. The van der Waals surface area contributed by atoms with Gasteiger partial charge in [0.1, 0.15) is 0 Å². The van der Waals surface area contributed by atoms with E-state index >= 15 is 0 Å². The van der Waals surface area contributed by atoms with Crippen LogP contribution in [0.1, 0.15) is 17.3 Å². The summed E-state index contributed by atoms with van der Waals surface area (Å²) in [6.07, 6.45) is 0. The third-order valence-corrected chi connectivity index (χ3v) is 5.32. The summed E-state index contributed by atoms with van der Waals surface area (Å²) in [5.41, 5.74) is 0.878. The summed E-state index contributed by atoms with van der Waals surface area (Å²) < 4.78 is 31.1. The minimum absolute atomic E-state index is 0.0604. The summed E-state index contributed by atoms with van der Waals surface area (Å²) in [5, 5.41) is 6.31. The fraction of sp³-hybridized carbons (Fsp3) is 0.400. The lowest BCUT2D eigenvalue weighted by molar-refractivity contribution is -0.118. The molecule has 25 heavy (non-hydrogen) atoms. The molecule has 0 aliphatic heterocycles. The highest BCUT2D eigenvalue weighted by Gasteiger charge is 2.11. The largest absolute Gasteiger partial charge is 0.354 e. The Labute approximate surface area is 150 Å². The van der Waals surface area contributed by atoms with Crippen LogP contribution < -0.4 is 10.0 Å². The Morgan fingerprint density at radius 1 is 1.28 bits per heavy atom. The number of carbonyl (C=O) groups is 1. The van der Waals surface area contributed by atoms with Crippen molar-refractivity contribution in [3.05, 3.63) is 47.6 Å². The molecule has 0 spiro atoms. The van der Waals surface area contributed by atoms with Gasteiger partial charge in [-0.2, -0.15) is 4.98 Å². The fourth-order valence-electron chi connectivity index (χ4n) is 1.87. The molecule has 1 aromatic carbocycles. The molecular formula is C15H20N4O4S2. The lowest BCUT2D eigenvalue weighted by atomic mass is 10.2. The molecule has 0 bridgehead atoms. The molecule has 10 heteroatoms. The van der Waals surface area contributed by atoms with Crippen molar-refractivity contribution in [3.8, 4) is 0 Å². The maximum absolute atomic E-state index is 11.9. The van der Waals surface area contributed by atoms with E-state index in [1.54, 1.807) is 6.92 Å². The quantitative estimate of drug-likeness (QED) is 0.624. The maximum Gasteiger partial charge on any atom is 0.230 e. The van der Waals surface area contributed by atoms with E-state index in [0.29, 0.717) is 17.5 Å². The Hall–Kier alpha value is -1.91. The topological polar surface area (TPSA) is 114 Å². The van der Waals surface area contributed by atoms with E-state index in [9.17, 15) is 13.2 Å². The van der Waals surface area contributed by atoms with Crippen LogP contribution in [0.4, 0.5) is 0 Å². The second-order valence-corrected chi connectivity index (χ2v) is 8.11. The van der Waals surface area contributed by atoms with E-state index in [1.165, 1.54) is 11.8 Å². The van der Waals surface area contributed by atoms with Gasteiger partial charge in [0.2, 0.25) is 21.8 Å². The van der Waals surface area contributed by atoms with Gasteiger partial charge in [0.05, 0.1) is 17.3 Å². The minimum atomic E-state index is -3.44. The Balaban J connectivity index is 1.60. The average Bonchev–Trinajstić information content (AvgIpc) is 2.99. The highest BCUT2D eigenvalue weighted by Crippen LogP contribution is 2.08. The summed E-state index contributed by atoms with van der Waals surface area (Å²) in [5.74, 6) is 1.27. The van der Waals surface area contributed by atoms with Crippen LogP contribution in [0.2, 0.25) is 0 Å². The Morgan fingerprint density at radius 2 is 2.04 bits per heavy atom. The zero-order chi connectivity index (χ0) is 18.1. The number of rotatable bonds is 10. The first-order valence-corrected chi connectivity index (χ1v) is 10.4. The second-order valence-electron chi connectivity index (χ2n) is 5.20. The third kappa shape index (κ3) is 7.67. The van der Waals surface area contributed by atoms with E-state index in [1.807, 2.05) is 30.3 Å². The van der Waals surface area contributed by atoms with Crippen molar-refractivity contribution in [2.45, 2.75) is 19.2 Å². The Kier molecular flexibility index (Phi) is 7.41. The fourth-order valence-corrected chi connectivity index (χ4v) is 3.46. The highest BCUT2D eigenvalue weighted by molar-refractivity contribution is 7.99. The van der Waals surface area contributed by atoms with Crippen molar-refractivity contribution in [2.75, 3.05) is 18.1 Å². The minimum Gasteiger partial charge on any atom is -0.354 e. The predicted octanol–water partition coefficient (Wildman–Crippen LogP) is 0.847. The third-order valence-electron chi connectivity index (χ3n) is 3.07. The summed E-state index contributed by atoms with van der Waals surface area (Å²) in [4.78, 5) is 15.7. The first-order chi connectivity index (χ1) is 11.9. The van der Waals surface area contributed by atoms with Gasteiger partial charge >= 0.3 is 0 Å². The lowest BCUT2D eigenvalue weighted by Crippen LogP contribution is -2.34. The van der Waals surface area contributed by atoms with E-state index in [-0.39, 0.29) is 30.5 Å². The number of carbonyl (C=O) groups excluding carboxylic acids is 1. The SMILES string of the molecule is Cc1nc(CSCC(=O)NCCS(=O)(=O)NCc2ccccc2)no1. The zero-order valence-electron chi connectivity index (χ0n) is 13.8. The normalized spacial score (nSPS) is 11.4.